The largest absolute Gasteiger partial charge is 0.493 e. The highest BCUT2D eigenvalue weighted by Gasteiger charge is 2.08. The van der Waals surface area contributed by atoms with Crippen molar-refractivity contribution in [3.8, 4) is 17.2 Å². The molecular formula is C16H20N2O3. The summed E-state index contributed by atoms with van der Waals surface area (Å²) in [7, 11) is 3.46. The Kier molecular flexibility index (Phi) is 5.14. The second-order valence-electron chi connectivity index (χ2n) is 4.67. The molecule has 0 fully saturated rings. The maximum Gasteiger partial charge on any atom is 0.169 e. The van der Waals surface area contributed by atoms with E-state index in [1.165, 1.54) is 0 Å². The molecule has 0 amide bonds. The van der Waals surface area contributed by atoms with Crippen LogP contribution in [0.25, 0.3) is 0 Å². The van der Waals surface area contributed by atoms with Crippen LogP contribution in [0.15, 0.2) is 36.5 Å². The maximum absolute atomic E-state index is 9.13. The van der Waals surface area contributed by atoms with E-state index < -0.39 is 0 Å². The van der Waals surface area contributed by atoms with Crippen LogP contribution in [0.2, 0.25) is 0 Å². The molecular weight excluding hydrogens is 268 g/mol. The molecule has 0 radical (unpaired) electrons. The molecule has 112 valence electrons. The zero-order chi connectivity index (χ0) is 15.2. The number of aliphatic hydroxyl groups is 1. The third-order valence-electron chi connectivity index (χ3n) is 3.27. The second kappa shape index (κ2) is 7.06. The molecule has 5 heteroatoms. The second-order valence-corrected chi connectivity index (χ2v) is 4.67. The normalized spacial score (nSPS) is 12.0. The average Bonchev–Trinajstić information content (AvgIpc) is 2.55. The quantitative estimate of drug-likeness (QED) is 0.855. The van der Waals surface area contributed by atoms with E-state index in [-0.39, 0.29) is 12.6 Å². The number of rotatable bonds is 6. The molecule has 2 rings (SSSR count). The van der Waals surface area contributed by atoms with Gasteiger partial charge in [-0.15, -0.1) is 0 Å². The molecule has 1 heterocycles. The maximum atomic E-state index is 9.13. The highest BCUT2D eigenvalue weighted by Crippen LogP contribution is 2.32. The van der Waals surface area contributed by atoms with Gasteiger partial charge in [-0.3, -0.25) is 4.98 Å². The van der Waals surface area contributed by atoms with E-state index >= 15 is 0 Å². The molecule has 0 spiro atoms. The first-order chi connectivity index (χ1) is 10.2. The van der Waals surface area contributed by atoms with Gasteiger partial charge in [-0.2, -0.15) is 0 Å². The van der Waals surface area contributed by atoms with Crippen molar-refractivity contribution in [3.63, 3.8) is 0 Å². The van der Waals surface area contributed by atoms with Gasteiger partial charge in [0.2, 0.25) is 0 Å². The van der Waals surface area contributed by atoms with Crippen molar-refractivity contribution < 1.29 is 14.6 Å². The van der Waals surface area contributed by atoms with Crippen LogP contribution in [-0.4, -0.2) is 24.2 Å². The van der Waals surface area contributed by atoms with Gasteiger partial charge >= 0.3 is 0 Å². The summed E-state index contributed by atoms with van der Waals surface area (Å²) in [6.07, 6.45) is 1.68. The molecule has 0 saturated carbocycles. The van der Waals surface area contributed by atoms with Crippen molar-refractivity contribution in [2.45, 2.75) is 19.6 Å². The van der Waals surface area contributed by atoms with Gasteiger partial charge in [-0.1, -0.05) is 6.07 Å². The molecule has 5 nitrogen and oxygen atoms in total. The van der Waals surface area contributed by atoms with Crippen LogP contribution in [0.5, 0.6) is 17.2 Å². The van der Waals surface area contributed by atoms with Crippen molar-refractivity contribution >= 4 is 0 Å². The van der Waals surface area contributed by atoms with Crippen LogP contribution in [0.4, 0.5) is 0 Å². The number of hydrogen-bond acceptors (Lipinski definition) is 5. The van der Waals surface area contributed by atoms with Crippen molar-refractivity contribution in [3.05, 3.63) is 47.8 Å². The van der Waals surface area contributed by atoms with Crippen molar-refractivity contribution in [2.24, 2.45) is 0 Å². The minimum absolute atomic E-state index is 0.0329. The van der Waals surface area contributed by atoms with E-state index in [2.05, 4.69) is 10.3 Å². The Hall–Kier alpha value is -2.11. The van der Waals surface area contributed by atoms with Crippen LogP contribution in [0, 0.1) is 0 Å². The van der Waals surface area contributed by atoms with E-state index in [0.29, 0.717) is 17.2 Å². The fraction of sp³-hybridized carbons (Fsp3) is 0.312. The third-order valence-corrected chi connectivity index (χ3v) is 3.27. The summed E-state index contributed by atoms with van der Waals surface area (Å²) in [5.74, 6) is 1.80. The molecule has 1 aromatic carbocycles. The Bertz CT molecular complexity index is 585. The molecule has 2 aromatic rings. The average molecular weight is 288 g/mol. The van der Waals surface area contributed by atoms with Gasteiger partial charge in [0, 0.05) is 6.04 Å². The fourth-order valence-corrected chi connectivity index (χ4v) is 1.88. The van der Waals surface area contributed by atoms with Crippen LogP contribution < -0.4 is 14.8 Å². The third kappa shape index (κ3) is 3.71. The first-order valence-electron chi connectivity index (χ1n) is 6.76. The van der Waals surface area contributed by atoms with E-state index in [1.807, 2.05) is 26.1 Å². The Morgan fingerprint density at radius 1 is 1.24 bits per heavy atom. The molecule has 0 saturated heterocycles. The number of hydrogen-bond donors (Lipinski definition) is 2. The summed E-state index contributed by atoms with van der Waals surface area (Å²) >= 11 is 0. The van der Waals surface area contributed by atoms with Gasteiger partial charge in [0.15, 0.2) is 11.5 Å². The monoisotopic (exact) mass is 288 g/mol. The van der Waals surface area contributed by atoms with Gasteiger partial charge in [0.1, 0.15) is 5.75 Å². The topological polar surface area (TPSA) is 63.6 Å². The number of benzene rings is 1. The molecule has 0 aliphatic carbocycles. The molecule has 1 aromatic heterocycles. The molecule has 1 atom stereocenters. The number of ether oxygens (including phenoxy) is 2. The summed E-state index contributed by atoms with van der Waals surface area (Å²) < 4.78 is 11.1. The number of pyridine rings is 1. The highest BCUT2D eigenvalue weighted by atomic mass is 16.5. The number of nitrogens with zero attached hydrogens (tertiary/aromatic N) is 1. The summed E-state index contributed by atoms with van der Waals surface area (Å²) in [6.45, 7) is 2.01. The molecule has 21 heavy (non-hydrogen) atoms. The Morgan fingerprint density at radius 3 is 2.62 bits per heavy atom. The van der Waals surface area contributed by atoms with Crippen LogP contribution in [0.3, 0.4) is 0 Å². The summed E-state index contributed by atoms with van der Waals surface area (Å²) in [5.41, 5.74) is 1.72. The predicted octanol–water partition coefficient (Wildman–Crippen LogP) is 2.66. The smallest absolute Gasteiger partial charge is 0.169 e. The first-order valence-corrected chi connectivity index (χ1v) is 6.76. The van der Waals surface area contributed by atoms with Crippen LogP contribution in [0.1, 0.15) is 24.2 Å². The SMILES string of the molecule is CNC(C)c1ccc(Oc2ccc(CO)cc2OC)cn1. The number of methoxy groups -OCH3 is 1. The number of aromatic nitrogens is 1. The van der Waals surface area contributed by atoms with Gasteiger partial charge in [0.25, 0.3) is 0 Å². The number of nitrogens with one attached hydrogen (secondary N) is 1. The number of aliphatic hydroxyl groups excluding tert-OH is 1. The Balaban J connectivity index is 2.18. The highest BCUT2D eigenvalue weighted by molar-refractivity contribution is 5.45. The molecule has 0 bridgehead atoms. The van der Waals surface area contributed by atoms with Gasteiger partial charge in [-0.25, -0.2) is 0 Å². The summed E-state index contributed by atoms with van der Waals surface area (Å²) in [6, 6.07) is 9.30. The van der Waals surface area contributed by atoms with Crippen LogP contribution >= 0.6 is 0 Å². The lowest BCUT2D eigenvalue weighted by atomic mass is 10.2. The first kappa shape index (κ1) is 15.3. The lowest BCUT2D eigenvalue weighted by Gasteiger charge is -2.13. The zero-order valence-corrected chi connectivity index (χ0v) is 12.5. The van der Waals surface area contributed by atoms with E-state index in [1.54, 1.807) is 31.5 Å². The standard InChI is InChI=1S/C16H20N2O3/c1-11(17-2)14-6-5-13(9-18-14)21-15-7-4-12(10-19)8-16(15)20-3/h4-9,11,17,19H,10H2,1-3H3. The Labute approximate surface area is 124 Å². The molecule has 1 unspecified atom stereocenters. The predicted molar refractivity (Wildman–Crippen MR) is 80.7 cm³/mol. The van der Waals surface area contributed by atoms with E-state index in [9.17, 15) is 0 Å². The van der Waals surface area contributed by atoms with Crippen molar-refractivity contribution in [1.82, 2.24) is 10.3 Å². The van der Waals surface area contributed by atoms with Gasteiger partial charge in [0.05, 0.1) is 25.6 Å². The molecule has 0 aliphatic rings. The molecule has 0 aliphatic heterocycles. The lowest BCUT2D eigenvalue weighted by molar-refractivity contribution is 0.280. The van der Waals surface area contributed by atoms with Gasteiger partial charge in [-0.05, 0) is 43.8 Å². The van der Waals surface area contributed by atoms with Crippen molar-refractivity contribution in [1.29, 1.82) is 0 Å². The minimum atomic E-state index is -0.0329. The zero-order valence-electron chi connectivity index (χ0n) is 12.5. The lowest BCUT2D eigenvalue weighted by Crippen LogP contribution is -2.13. The van der Waals surface area contributed by atoms with Gasteiger partial charge < -0.3 is 19.9 Å². The Morgan fingerprint density at radius 2 is 2.05 bits per heavy atom. The van der Waals surface area contributed by atoms with Crippen molar-refractivity contribution in [2.75, 3.05) is 14.2 Å². The minimum Gasteiger partial charge on any atom is -0.493 e. The van der Waals surface area contributed by atoms with E-state index in [0.717, 1.165) is 11.3 Å². The fourth-order valence-electron chi connectivity index (χ4n) is 1.88. The molecule has 2 N–H and O–H groups in total. The van der Waals surface area contributed by atoms with E-state index in [4.69, 9.17) is 14.6 Å². The van der Waals surface area contributed by atoms with Crippen LogP contribution in [-0.2, 0) is 6.61 Å². The summed E-state index contributed by atoms with van der Waals surface area (Å²) in [5, 5.41) is 12.3. The summed E-state index contributed by atoms with van der Waals surface area (Å²) in [4.78, 5) is 4.37.